The van der Waals surface area contributed by atoms with Crippen LogP contribution >= 0.6 is 0 Å². The van der Waals surface area contributed by atoms with Crippen LogP contribution in [0.3, 0.4) is 0 Å². The fourth-order valence-corrected chi connectivity index (χ4v) is 3.89. The molecule has 20 heavy (non-hydrogen) atoms. The lowest BCUT2D eigenvalue weighted by molar-refractivity contribution is -0.384. The zero-order valence-electron chi connectivity index (χ0n) is 11.7. The predicted molar refractivity (Wildman–Crippen MR) is 76.9 cm³/mol. The molecule has 0 radical (unpaired) electrons. The van der Waals surface area contributed by atoms with Gasteiger partial charge in [-0.05, 0) is 56.6 Å². The highest BCUT2D eigenvalue weighted by Gasteiger charge is 2.44. The maximum absolute atomic E-state index is 10.7. The Labute approximate surface area is 119 Å². The molecular formula is C16H21NO3. The van der Waals surface area contributed by atoms with Gasteiger partial charge in [-0.2, -0.15) is 0 Å². The van der Waals surface area contributed by atoms with Gasteiger partial charge < -0.3 is 4.74 Å². The van der Waals surface area contributed by atoms with Crippen molar-refractivity contribution in [1.29, 1.82) is 0 Å². The van der Waals surface area contributed by atoms with Crippen molar-refractivity contribution in [3.8, 4) is 5.75 Å². The molecule has 1 aromatic rings. The first kappa shape index (κ1) is 13.4. The fraction of sp³-hybridized carbons (Fsp3) is 0.625. The van der Waals surface area contributed by atoms with Crippen molar-refractivity contribution in [2.24, 2.45) is 5.92 Å². The number of fused-ring (bicyclic) bond motifs is 1. The third kappa shape index (κ3) is 2.51. The largest absolute Gasteiger partial charge is 0.487 e. The summed E-state index contributed by atoms with van der Waals surface area (Å²) in [7, 11) is 0. The third-order valence-electron chi connectivity index (χ3n) is 4.92. The molecule has 0 amide bonds. The molecule has 0 heterocycles. The van der Waals surface area contributed by atoms with E-state index in [1.54, 1.807) is 12.1 Å². The van der Waals surface area contributed by atoms with Crippen molar-refractivity contribution in [1.82, 2.24) is 0 Å². The van der Waals surface area contributed by atoms with Gasteiger partial charge in [-0.1, -0.05) is 12.8 Å². The first-order valence-corrected chi connectivity index (χ1v) is 7.63. The molecule has 0 aromatic heterocycles. The number of benzene rings is 1. The van der Waals surface area contributed by atoms with Gasteiger partial charge in [0.25, 0.3) is 5.69 Å². The predicted octanol–water partition coefficient (Wildman–Crippen LogP) is 4.48. The Bertz CT molecular complexity index is 471. The standard InChI is InChI=1S/C16H21NO3/c18-17(19)14-7-9-15(10-8-14)20-16-11-3-1-5-13(16)6-2-4-12-16/h7-10,13H,1-6,11-12H2. The summed E-state index contributed by atoms with van der Waals surface area (Å²) in [4.78, 5) is 10.3. The maximum Gasteiger partial charge on any atom is 0.269 e. The SMILES string of the molecule is O=[N+]([O-])c1ccc(OC23CCCCC2CCCC3)cc1. The Morgan fingerprint density at radius 3 is 2.20 bits per heavy atom. The van der Waals surface area contributed by atoms with E-state index in [4.69, 9.17) is 4.74 Å². The van der Waals surface area contributed by atoms with Gasteiger partial charge in [-0.15, -0.1) is 0 Å². The molecule has 4 heteroatoms. The van der Waals surface area contributed by atoms with Gasteiger partial charge in [0.2, 0.25) is 0 Å². The second-order valence-electron chi connectivity index (χ2n) is 6.11. The molecule has 0 spiro atoms. The van der Waals surface area contributed by atoms with Crippen LogP contribution < -0.4 is 4.74 Å². The monoisotopic (exact) mass is 275 g/mol. The summed E-state index contributed by atoms with van der Waals surface area (Å²) in [6.07, 6.45) is 9.92. The first-order chi connectivity index (χ1) is 9.70. The molecule has 0 aliphatic heterocycles. The summed E-state index contributed by atoms with van der Waals surface area (Å²) in [6.45, 7) is 0. The molecule has 0 unspecified atom stereocenters. The Hall–Kier alpha value is -1.58. The van der Waals surface area contributed by atoms with Crippen molar-refractivity contribution in [2.45, 2.75) is 57.0 Å². The molecule has 4 nitrogen and oxygen atoms in total. The van der Waals surface area contributed by atoms with Crippen molar-refractivity contribution in [2.75, 3.05) is 0 Å². The van der Waals surface area contributed by atoms with Gasteiger partial charge in [-0.3, -0.25) is 10.1 Å². The molecule has 2 saturated carbocycles. The van der Waals surface area contributed by atoms with E-state index in [9.17, 15) is 10.1 Å². The number of rotatable bonds is 3. The molecule has 0 atom stereocenters. The Balaban J connectivity index is 1.78. The Morgan fingerprint density at radius 1 is 1.05 bits per heavy atom. The second kappa shape index (κ2) is 5.43. The van der Waals surface area contributed by atoms with Crippen LogP contribution in [0.25, 0.3) is 0 Å². The molecular weight excluding hydrogens is 254 g/mol. The second-order valence-corrected chi connectivity index (χ2v) is 6.11. The van der Waals surface area contributed by atoms with E-state index in [1.165, 1.54) is 50.7 Å². The van der Waals surface area contributed by atoms with Crippen LogP contribution in [0.2, 0.25) is 0 Å². The van der Waals surface area contributed by atoms with Gasteiger partial charge in [0.1, 0.15) is 11.4 Å². The van der Waals surface area contributed by atoms with Crippen molar-refractivity contribution in [3.63, 3.8) is 0 Å². The average molecular weight is 275 g/mol. The van der Waals surface area contributed by atoms with Crippen molar-refractivity contribution in [3.05, 3.63) is 34.4 Å². The number of nitro groups is 1. The minimum atomic E-state index is -0.369. The van der Waals surface area contributed by atoms with E-state index in [2.05, 4.69) is 0 Å². The van der Waals surface area contributed by atoms with Crippen LogP contribution in [0.5, 0.6) is 5.75 Å². The van der Waals surface area contributed by atoms with Gasteiger partial charge in [0.15, 0.2) is 0 Å². The van der Waals surface area contributed by atoms with Gasteiger partial charge in [0.05, 0.1) is 4.92 Å². The smallest absolute Gasteiger partial charge is 0.269 e. The van der Waals surface area contributed by atoms with Gasteiger partial charge >= 0.3 is 0 Å². The number of hydrogen-bond acceptors (Lipinski definition) is 3. The molecule has 2 aliphatic rings. The lowest BCUT2D eigenvalue weighted by Crippen LogP contribution is -2.48. The normalized spacial score (nSPS) is 29.5. The van der Waals surface area contributed by atoms with Crippen molar-refractivity contribution >= 4 is 5.69 Å². The highest BCUT2D eigenvalue weighted by molar-refractivity contribution is 5.36. The minimum absolute atomic E-state index is 0.00731. The highest BCUT2D eigenvalue weighted by atomic mass is 16.6. The van der Waals surface area contributed by atoms with E-state index in [0.29, 0.717) is 5.92 Å². The van der Waals surface area contributed by atoms with E-state index >= 15 is 0 Å². The van der Waals surface area contributed by atoms with Crippen LogP contribution in [-0.2, 0) is 0 Å². The third-order valence-corrected chi connectivity index (χ3v) is 4.92. The van der Waals surface area contributed by atoms with E-state index in [1.807, 2.05) is 0 Å². The van der Waals surface area contributed by atoms with Gasteiger partial charge in [0, 0.05) is 12.1 Å². The molecule has 0 bridgehead atoms. The summed E-state index contributed by atoms with van der Waals surface area (Å²) in [5.41, 5.74) is 0.116. The van der Waals surface area contributed by atoms with Crippen LogP contribution in [0.1, 0.15) is 51.4 Å². The number of hydrogen-bond donors (Lipinski definition) is 0. The summed E-state index contributed by atoms with van der Waals surface area (Å²) in [5.74, 6) is 1.45. The van der Waals surface area contributed by atoms with Crippen LogP contribution in [0, 0.1) is 16.0 Å². The summed E-state index contributed by atoms with van der Waals surface area (Å²) >= 11 is 0. The molecule has 2 aliphatic carbocycles. The molecule has 3 rings (SSSR count). The fourth-order valence-electron chi connectivity index (χ4n) is 3.89. The maximum atomic E-state index is 10.7. The molecule has 108 valence electrons. The van der Waals surface area contributed by atoms with E-state index in [0.717, 1.165) is 18.6 Å². The Kier molecular flexibility index (Phi) is 3.64. The van der Waals surface area contributed by atoms with E-state index in [-0.39, 0.29) is 16.2 Å². The highest BCUT2D eigenvalue weighted by Crippen LogP contribution is 2.46. The number of ether oxygens (including phenoxy) is 1. The molecule has 1 aromatic carbocycles. The minimum Gasteiger partial charge on any atom is -0.487 e. The Morgan fingerprint density at radius 2 is 1.65 bits per heavy atom. The van der Waals surface area contributed by atoms with Crippen LogP contribution in [0.4, 0.5) is 5.69 Å². The topological polar surface area (TPSA) is 52.4 Å². The number of nitrogens with zero attached hydrogens (tertiary/aromatic N) is 1. The van der Waals surface area contributed by atoms with Gasteiger partial charge in [-0.25, -0.2) is 0 Å². The average Bonchev–Trinajstić information content (AvgIpc) is 2.47. The van der Waals surface area contributed by atoms with Crippen LogP contribution in [0.15, 0.2) is 24.3 Å². The molecule has 2 fully saturated rings. The zero-order chi connectivity index (χ0) is 14.0. The van der Waals surface area contributed by atoms with Crippen molar-refractivity contribution < 1.29 is 9.66 Å². The summed E-state index contributed by atoms with van der Waals surface area (Å²) in [5, 5.41) is 10.7. The lowest BCUT2D eigenvalue weighted by atomic mass is 9.67. The summed E-state index contributed by atoms with van der Waals surface area (Å²) in [6, 6.07) is 6.56. The number of non-ortho nitro benzene ring substituents is 1. The molecule has 0 N–H and O–H groups in total. The zero-order valence-corrected chi connectivity index (χ0v) is 11.7. The number of nitro benzene ring substituents is 1. The lowest BCUT2D eigenvalue weighted by Gasteiger charge is -2.47. The summed E-state index contributed by atoms with van der Waals surface area (Å²) < 4.78 is 6.36. The molecule has 0 saturated heterocycles. The first-order valence-electron chi connectivity index (χ1n) is 7.63. The van der Waals surface area contributed by atoms with Crippen LogP contribution in [-0.4, -0.2) is 10.5 Å². The van der Waals surface area contributed by atoms with E-state index < -0.39 is 0 Å². The quantitative estimate of drug-likeness (QED) is 0.603.